The molecule has 3 heteroatoms. The molecule has 0 aliphatic carbocycles. The first-order valence-corrected chi connectivity index (χ1v) is 10.7. The fourth-order valence-electron chi connectivity index (χ4n) is 3.73. The van der Waals surface area contributed by atoms with Crippen LogP contribution < -0.4 is 10.1 Å². The van der Waals surface area contributed by atoms with Gasteiger partial charge in [-0.05, 0) is 47.4 Å². The van der Waals surface area contributed by atoms with Crippen molar-refractivity contribution in [2.75, 3.05) is 0 Å². The summed E-state index contributed by atoms with van der Waals surface area (Å²) >= 11 is 0. The molecule has 0 fully saturated rings. The van der Waals surface area contributed by atoms with Crippen LogP contribution in [0.25, 0.3) is 10.8 Å². The van der Waals surface area contributed by atoms with Gasteiger partial charge in [0.25, 0.3) is 5.91 Å². The predicted molar refractivity (Wildman–Crippen MR) is 126 cm³/mol. The maximum Gasteiger partial charge on any atom is 0.261 e. The molecule has 3 nitrogen and oxygen atoms in total. The lowest BCUT2D eigenvalue weighted by Crippen LogP contribution is -2.40. The number of carbonyl (C=O) groups excluding carboxylic acids is 1. The van der Waals surface area contributed by atoms with Crippen molar-refractivity contribution < 1.29 is 9.53 Å². The highest BCUT2D eigenvalue weighted by Crippen LogP contribution is 2.25. The van der Waals surface area contributed by atoms with Gasteiger partial charge in [-0.1, -0.05) is 97.4 Å². The Labute approximate surface area is 183 Å². The topological polar surface area (TPSA) is 38.3 Å². The van der Waals surface area contributed by atoms with Crippen molar-refractivity contribution in [3.8, 4) is 5.75 Å². The molecule has 0 bridgehead atoms. The average molecular weight is 410 g/mol. The summed E-state index contributed by atoms with van der Waals surface area (Å²) in [6.45, 7) is 4.03. The van der Waals surface area contributed by atoms with Gasteiger partial charge in [-0.2, -0.15) is 0 Å². The summed E-state index contributed by atoms with van der Waals surface area (Å²) in [4.78, 5) is 13.2. The second-order valence-corrected chi connectivity index (χ2v) is 7.79. The lowest BCUT2D eigenvalue weighted by Gasteiger charge is -2.24. The molecule has 4 aromatic rings. The minimum Gasteiger partial charge on any atom is -0.481 e. The van der Waals surface area contributed by atoms with Crippen LogP contribution in [0.3, 0.4) is 0 Å². The summed E-state index contributed by atoms with van der Waals surface area (Å²) in [5, 5.41) is 5.46. The summed E-state index contributed by atoms with van der Waals surface area (Å²) in [6, 6.07) is 32.1. The van der Waals surface area contributed by atoms with Gasteiger partial charge in [0, 0.05) is 0 Å². The van der Waals surface area contributed by atoms with Crippen molar-refractivity contribution in [3.63, 3.8) is 0 Å². The van der Waals surface area contributed by atoms with E-state index in [-0.39, 0.29) is 11.9 Å². The van der Waals surface area contributed by atoms with Gasteiger partial charge in [-0.15, -0.1) is 0 Å². The second kappa shape index (κ2) is 9.48. The molecule has 31 heavy (non-hydrogen) atoms. The molecule has 4 aromatic carbocycles. The van der Waals surface area contributed by atoms with E-state index >= 15 is 0 Å². The Kier molecular flexibility index (Phi) is 6.32. The molecule has 0 radical (unpaired) electrons. The second-order valence-electron chi connectivity index (χ2n) is 7.79. The predicted octanol–water partition coefficient (Wildman–Crippen LogP) is 6.21. The molecule has 0 heterocycles. The lowest BCUT2D eigenvalue weighted by atomic mass is 9.97. The molecule has 2 unspecified atom stereocenters. The lowest BCUT2D eigenvalue weighted by molar-refractivity contribution is -0.128. The highest BCUT2D eigenvalue weighted by atomic mass is 16.5. The highest BCUT2D eigenvalue weighted by molar-refractivity contribution is 5.84. The number of amides is 1. The highest BCUT2D eigenvalue weighted by Gasteiger charge is 2.24. The van der Waals surface area contributed by atoms with E-state index in [0.29, 0.717) is 12.2 Å². The van der Waals surface area contributed by atoms with E-state index < -0.39 is 6.10 Å². The normalized spacial score (nSPS) is 12.8. The van der Waals surface area contributed by atoms with E-state index in [1.54, 1.807) is 0 Å². The largest absolute Gasteiger partial charge is 0.481 e. The molecule has 156 valence electrons. The molecule has 4 rings (SSSR count). The summed E-state index contributed by atoms with van der Waals surface area (Å²) in [6.07, 6.45) is 0.00599. The monoisotopic (exact) mass is 409 g/mol. The Morgan fingerprint density at radius 2 is 1.45 bits per heavy atom. The van der Waals surface area contributed by atoms with Crippen LogP contribution >= 0.6 is 0 Å². The first-order valence-electron chi connectivity index (χ1n) is 10.7. The van der Waals surface area contributed by atoms with Gasteiger partial charge in [0.2, 0.25) is 0 Å². The fourth-order valence-corrected chi connectivity index (χ4v) is 3.73. The van der Waals surface area contributed by atoms with E-state index in [4.69, 9.17) is 4.74 Å². The van der Waals surface area contributed by atoms with Crippen LogP contribution in [0.1, 0.15) is 36.1 Å². The maximum atomic E-state index is 13.2. The minimum atomic E-state index is -0.571. The van der Waals surface area contributed by atoms with E-state index in [1.165, 1.54) is 5.56 Å². The Morgan fingerprint density at radius 3 is 2.16 bits per heavy atom. The van der Waals surface area contributed by atoms with Crippen LogP contribution in [-0.2, 0) is 4.79 Å². The van der Waals surface area contributed by atoms with Crippen LogP contribution in [0.5, 0.6) is 5.75 Å². The zero-order valence-electron chi connectivity index (χ0n) is 17.9. The van der Waals surface area contributed by atoms with E-state index in [2.05, 4.69) is 42.6 Å². The van der Waals surface area contributed by atoms with Crippen molar-refractivity contribution in [2.45, 2.75) is 32.4 Å². The minimum absolute atomic E-state index is 0.120. The third-order valence-electron chi connectivity index (χ3n) is 5.49. The van der Waals surface area contributed by atoms with Gasteiger partial charge in [-0.3, -0.25) is 4.79 Å². The van der Waals surface area contributed by atoms with E-state index in [0.717, 1.165) is 21.9 Å². The van der Waals surface area contributed by atoms with E-state index in [1.807, 2.05) is 73.7 Å². The summed E-state index contributed by atoms with van der Waals surface area (Å²) in [7, 11) is 0. The molecule has 2 atom stereocenters. The average Bonchev–Trinajstić information content (AvgIpc) is 2.82. The van der Waals surface area contributed by atoms with Gasteiger partial charge >= 0.3 is 0 Å². The summed E-state index contributed by atoms with van der Waals surface area (Å²) in [5.74, 6) is 0.581. The van der Waals surface area contributed by atoms with Crippen molar-refractivity contribution in [3.05, 3.63) is 114 Å². The summed E-state index contributed by atoms with van der Waals surface area (Å²) < 4.78 is 6.11. The zero-order chi connectivity index (χ0) is 21.6. The SMILES string of the molecule is CCC(Oc1ccc2ccccc2c1)C(=O)NC(c1ccccc1)c1ccc(C)cc1. The number of nitrogens with one attached hydrogen (secondary N) is 1. The van der Waals surface area contributed by atoms with Crippen LogP contribution in [0.15, 0.2) is 97.1 Å². The van der Waals surface area contributed by atoms with Crippen molar-refractivity contribution >= 4 is 16.7 Å². The fraction of sp³-hybridized carbons (Fsp3) is 0.179. The Bertz CT molecular complexity index is 1150. The number of aryl methyl sites for hydroxylation is 1. The van der Waals surface area contributed by atoms with Gasteiger partial charge < -0.3 is 10.1 Å². The third kappa shape index (κ3) is 4.95. The van der Waals surface area contributed by atoms with Crippen molar-refractivity contribution in [1.82, 2.24) is 5.32 Å². The maximum absolute atomic E-state index is 13.2. The molecular formula is C28H27NO2. The number of carbonyl (C=O) groups is 1. The first-order chi connectivity index (χ1) is 15.1. The third-order valence-corrected chi connectivity index (χ3v) is 5.49. The first kappa shape index (κ1) is 20.7. The van der Waals surface area contributed by atoms with Crippen LogP contribution in [0, 0.1) is 6.92 Å². The smallest absolute Gasteiger partial charge is 0.261 e. The Hall–Kier alpha value is -3.59. The number of hydrogen-bond donors (Lipinski definition) is 1. The number of hydrogen-bond acceptors (Lipinski definition) is 2. The van der Waals surface area contributed by atoms with E-state index in [9.17, 15) is 4.79 Å². The number of rotatable bonds is 7. The van der Waals surface area contributed by atoms with Gasteiger partial charge in [0.15, 0.2) is 6.10 Å². The summed E-state index contributed by atoms with van der Waals surface area (Å²) in [5.41, 5.74) is 3.28. The van der Waals surface area contributed by atoms with Crippen molar-refractivity contribution in [1.29, 1.82) is 0 Å². The number of ether oxygens (including phenoxy) is 1. The molecule has 0 aliphatic rings. The number of fused-ring (bicyclic) bond motifs is 1. The van der Waals surface area contributed by atoms with Gasteiger partial charge in [-0.25, -0.2) is 0 Å². The zero-order valence-corrected chi connectivity index (χ0v) is 17.9. The van der Waals surface area contributed by atoms with Gasteiger partial charge in [0.1, 0.15) is 5.75 Å². The van der Waals surface area contributed by atoms with Crippen LogP contribution in [0.2, 0.25) is 0 Å². The van der Waals surface area contributed by atoms with Crippen LogP contribution in [0.4, 0.5) is 0 Å². The Morgan fingerprint density at radius 1 is 0.806 bits per heavy atom. The molecular weight excluding hydrogens is 382 g/mol. The van der Waals surface area contributed by atoms with Crippen molar-refractivity contribution in [2.24, 2.45) is 0 Å². The Balaban J connectivity index is 1.56. The van der Waals surface area contributed by atoms with Crippen LogP contribution in [-0.4, -0.2) is 12.0 Å². The molecule has 0 saturated carbocycles. The molecule has 1 N–H and O–H groups in total. The van der Waals surface area contributed by atoms with Gasteiger partial charge in [0.05, 0.1) is 6.04 Å². The molecule has 0 saturated heterocycles. The molecule has 0 aromatic heterocycles. The quantitative estimate of drug-likeness (QED) is 0.394. The molecule has 0 aliphatic heterocycles. The number of benzene rings is 4. The standard InChI is InChI=1S/C28H27NO2/c1-3-26(31-25-18-17-21-9-7-8-12-24(21)19-25)28(30)29-27(22-10-5-4-6-11-22)23-15-13-20(2)14-16-23/h4-19,26-27H,3H2,1-2H3,(H,29,30). The molecule has 0 spiro atoms. The molecule has 1 amide bonds.